The highest BCUT2D eigenvalue weighted by Gasteiger charge is 2.37. The summed E-state index contributed by atoms with van der Waals surface area (Å²) in [7, 11) is 1.87. The Kier molecular flexibility index (Phi) is 5.09. The predicted molar refractivity (Wildman–Crippen MR) is 98.2 cm³/mol. The third-order valence-electron chi connectivity index (χ3n) is 5.06. The van der Waals surface area contributed by atoms with Crippen molar-refractivity contribution in [2.24, 2.45) is 10.9 Å². The molecule has 1 aromatic rings. The molecule has 3 atom stereocenters. The molecule has 1 aromatic carbocycles. The molecule has 3 unspecified atom stereocenters. The second-order valence-electron chi connectivity index (χ2n) is 7.02. The van der Waals surface area contributed by atoms with Gasteiger partial charge in [-0.1, -0.05) is 31.0 Å². The number of guanidine groups is 1. The molecule has 0 radical (unpaired) electrons. The van der Waals surface area contributed by atoms with Crippen LogP contribution in [0.2, 0.25) is 0 Å². The Balaban J connectivity index is 1.48. The fraction of sp³-hybridized carbons (Fsp3) is 0.632. The lowest BCUT2D eigenvalue weighted by atomic mass is 10.2. The molecule has 1 aliphatic heterocycles. The van der Waals surface area contributed by atoms with E-state index in [-0.39, 0.29) is 0 Å². The number of aryl methyl sites for hydroxylation is 1. The summed E-state index contributed by atoms with van der Waals surface area (Å²) < 4.78 is 0. The Morgan fingerprint density at radius 1 is 1.26 bits per heavy atom. The zero-order chi connectivity index (χ0) is 16.2. The Morgan fingerprint density at radius 3 is 2.74 bits per heavy atom. The van der Waals surface area contributed by atoms with Crippen LogP contribution < -0.4 is 15.5 Å². The van der Waals surface area contributed by atoms with E-state index >= 15 is 0 Å². The van der Waals surface area contributed by atoms with Gasteiger partial charge in [-0.05, 0) is 44.2 Å². The van der Waals surface area contributed by atoms with Crippen LogP contribution in [0.25, 0.3) is 0 Å². The van der Waals surface area contributed by atoms with Gasteiger partial charge >= 0.3 is 0 Å². The first kappa shape index (κ1) is 16.2. The van der Waals surface area contributed by atoms with Gasteiger partial charge in [0.2, 0.25) is 0 Å². The molecule has 1 saturated heterocycles. The standard InChI is InChI=1S/C19H30N4/c1-4-5-15-12-18(15)22-19(20-3)21-16-10-11-23(13-16)17-8-6-14(2)7-9-17/h6-9,15-16,18H,4-5,10-13H2,1-3H3,(H2,20,21,22). The number of nitrogens with one attached hydrogen (secondary N) is 2. The van der Waals surface area contributed by atoms with Crippen LogP contribution in [0.1, 0.15) is 38.2 Å². The van der Waals surface area contributed by atoms with Crippen molar-refractivity contribution in [3.63, 3.8) is 0 Å². The lowest BCUT2D eigenvalue weighted by molar-refractivity contribution is 0.625. The minimum absolute atomic E-state index is 0.478. The summed E-state index contributed by atoms with van der Waals surface area (Å²) in [5, 5.41) is 7.19. The van der Waals surface area contributed by atoms with E-state index in [2.05, 4.69) is 58.6 Å². The van der Waals surface area contributed by atoms with Crippen LogP contribution in [-0.2, 0) is 0 Å². The van der Waals surface area contributed by atoms with Gasteiger partial charge in [0.15, 0.2) is 5.96 Å². The van der Waals surface area contributed by atoms with Crippen LogP contribution in [0.15, 0.2) is 29.3 Å². The normalized spacial score (nSPS) is 27.2. The average Bonchev–Trinajstić information content (AvgIpc) is 3.10. The maximum Gasteiger partial charge on any atom is 0.191 e. The van der Waals surface area contributed by atoms with Gasteiger partial charge in [0.05, 0.1) is 0 Å². The van der Waals surface area contributed by atoms with Gasteiger partial charge in [-0.3, -0.25) is 4.99 Å². The van der Waals surface area contributed by atoms with Gasteiger partial charge in [-0.15, -0.1) is 0 Å². The number of aliphatic imine (C=N–C) groups is 1. The van der Waals surface area contributed by atoms with E-state index in [4.69, 9.17) is 0 Å². The maximum atomic E-state index is 4.41. The molecular formula is C19H30N4. The monoisotopic (exact) mass is 314 g/mol. The van der Waals surface area contributed by atoms with E-state index in [0.717, 1.165) is 31.4 Å². The van der Waals surface area contributed by atoms with Crippen molar-refractivity contribution < 1.29 is 0 Å². The second-order valence-corrected chi connectivity index (χ2v) is 7.02. The summed E-state index contributed by atoms with van der Waals surface area (Å²) in [6, 6.07) is 9.95. The Hall–Kier alpha value is -1.71. The SMILES string of the molecule is CCCC1CC1NC(=NC)NC1CCN(c2ccc(C)cc2)C1. The highest BCUT2D eigenvalue weighted by Crippen LogP contribution is 2.34. The van der Waals surface area contributed by atoms with Crippen LogP contribution in [-0.4, -0.2) is 38.2 Å². The van der Waals surface area contributed by atoms with Crippen molar-refractivity contribution in [1.82, 2.24) is 10.6 Å². The highest BCUT2D eigenvalue weighted by molar-refractivity contribution is 5.80. The van der Waals surface area contributed by atoms with Gasteiger partial charge in [-0.2, -0.15) is 0 Å². The molecule has 3 rings (SSSR count). The fourth-order valence-corrected chi connectivity index (χ4v) is 3.52. The molecule has 4 heteroatoms. The van der Waals surface area contributed by atoms with Crippen LogP contribution in [0, 0.1) is 12.8 Å². The van der Waals surface area contributed by atoms with Crippen molar-refractivity contribution in [2.45, 2.75) is 51.6 Å². The van der Waals surface area contributed by atoms with Crippen LogP contribution in [0.4, 0.5) is 5.69 Å². The van der Waals surface area contributed by atoms with Gasteiger partial charge < -0.3 is 15.5 Å². The first-order chi connectivity index (χ1) is 11.2. The Bertz CT molecular complexity index is 537. The van der Waals surface area contributed by atoms with Crippen molar-refractivity contribution in [1.29, 1.82) is 0 Å². The molecule has 0 spiro atoms. The molecule has 126 valence electrons. The molecule has 23 heavy (non-hydrogen) atoms. The Labute approximate surface area is 140 Å². The summed E-state index contributed by atoms with van der Waals surface area (Å²) in [5.41, 5.74) is 2.64. The zero-order valence-corrected chi connectivity index (χ0v) is 14.7. The Morgan fingerprint density at radius 2 is 2.04 bits per heavy atom. The van der Waals surface area contributed by atoms with Gasteiger partial charge in [0.25, 0.3) is 0 Å². The molecule has 2 N–H and O–H groups in total. The minimum atomic E-state index is 0.478. The van der Waals surface area contributed by atoms with E-state index in [0.29, 0.717) is 12.1 Å². The quantitative estimate of drug-likeness (QED) is 0.648. The second kappa shape index (κ2) is 7.24. The summed E-state index contributed by atoms with van der Waals surface area (Å²) in [4.78, 5) is 6.87. The summed E-state index contributed by atoms with van der Waals surface area (Å²) in [5.74, 6) is 1.83. The van der Waals surface area contributed by atoms with Gasteiger partial charge in [0, 0.05) is 37.9 Å². The van der Waals surface area contributed by atoms with E-state index in [9.17, 15) is 0 Å². The summed E-state index contributed by atoms with van der Waals surface area (Å²) in [6.07, 6.45) is 5.08. The van der Waals surface area contributed by atoms with Crippen LogP contribution in [0.5, 0.6) is 0 Å². The van der Waals surface area contributed by atoms with Crippen molar-refractivity contribution in [2.75, 3.05) is 25.0 Å². The lowest BCUT2D eigenvalue weighted by Gasteiger charge is -2.20. The first-order valence-corrected chi connectivity index (χ1v) is 9.01. The topological polar surface area (TPSA) is 39.7 Å². The molecule has 0 amide bonds. The molecule has 4 nitrogen and oxygen atoms in total. The third-order valence-corrected chi connectivity index (χ3v) is 5.06. The van der Waals surface area contributed by atoms with E-state index in [1.54, 1.807) is 0 Å². The number of hydrogen-bond donors (Lipinski definition) is 2. The molecule has 2 aliphatic rings. The molecule has 1 aliphatic carbocycles. The molecule has 1 saturated carbocycles. The van der Waals surface area contributed by atoms with E-state index in [1.165, 1.54) is 30.5 Å². The fourth-order valence-electron chi connectivity index (χ4n) is 3.52. The van der Waals surface area contributed by atoms with Gasteiger partial charge in [-0.25, -0.2) is 0 Å². The zero-order valence-electron chi connectivity index (χ0n) is 14.7. The largest absolute Gasteiger partial charge is 0.369 e. The van der Waals surface area contributed by atoms with E-state index < -0.39 is 0 Å². The summed E-state index contributed by atoms with van der Waals surface area (Å²) >= 11 is 0. The molecule has 0 bridgehead atoms. The van der Waals surface area contributed by atoms with Crippen LogP contribution in [0.3, 0.4) is 0 Å². The molecule has 0 aromatic heterocycles. The molecule has 1 heterocycles. The number of rotatable bonds is 5. The minimum Gasteiger partial charge on any atom is -0.369 e. The molecular weight excluding hydrogens is 284 g/mol. The van der Waals surface area contributed by atoms with E-state index in [1.807, 2.05) is 7.05 Å². The summed E-state index contributed by atoms with van der Waals surface area (Å²) in [6.45, 7) is 6.56. The lowest BCUT2D eigenvalue weighted by Crippen LogP contribution is -2.45. The van der Waals surface area contributed by atoms with Crippen molar-refractivity contribution >= 4 is 11.6 Å². The van der Waals surface area contributed by atoms with Crippen LogP contribution >= 0.6 is 0 Å². The number of anilines is 1. The van der Waals surface area contributed by atoms with Crippen molar-refractivity contribution in [3.05, 3.63) is 29.8 Å². The number of hydrogen-bond acceptors (Lipinski definition) is 2. The predicted octanol–water partition coefficient (Wildman–Crippen LogP) is 2.93. The van der Waals surface area contributed by atoms with Gasteiger partial charge in [0.1, 0.15) is 0 Å². The first-order valence-electron chi connectivity index (χ1n) is 9.01. The number of nitrogens with zero attached hydrogens (tertiary/aromatic N) is 2. The maximum absolute atomic E-state index is 4.41. The highest BCUT2D eigenvalue weighted by atomic mass is 15.3. The molecule has 2 fully saturated rings. The van der Waals surface area contributed by atoms with Crippen molar-refractivity contribution in [3.8, 4) is 0 Å². The number of benzene rings is 1. The smallest absolute Gasteiger partial charge is 0.191 e. The third kappa shape index (κ3) is 4.18. The average molecular weight is 314 g/mol.